The van der Waals surface area contributed by atoms with Crippen LogP contribution in [-0.2, 0) is 28.6 Å². The van der Waals surface area contributed by atoms with Gasteiger partial charge in [0.05, 0.1) is 0 Å². The highest BCUT2D eigenvalue weighted by atomic mass is 16.6. The van der Waals surface area contributed by atoms with Gasteiger partial charge in [0.15, 0.2) is 6.10 Å². The largest absolute Gasteiger partial charge is 0.462 e. The predicted octanol–water partition coefficient (Wildman–Crippen LogP) is 25.5. The molecule has 6 nitrogen and oxygen atoms in total. The summed E-state index contributed by atoms with van der Waals surface area (Å²) in [6.07, 6.45) is 92.7. The zero-order valence-corrected chi connectivity index (χ0v) is 55.7. The van der Waals surface area contributed by atoms with E-state index < -0.39 is 6.10 Å². The molecule has 1 atom stereocenters. The van der Waals surface area contributed by atoms with Gasteiger partial charge in [-0.3, -0.25) is 14.4 Å². The zero-order valence-electron chi connectivity index (χ0n) is 55.7. The Hall–Kier alpha value is -2.89. The van der Waals surface area contributed by atoms with Gasteiger partial charge in [-0.05, 0) is 103 Å². The van der Waals surface area contributed by atoms with Crippen LogP contribution in [0.4, 0.5) is 0 Å². The maximum atomic E-state index is 12.9. The lowest BCUT2D eigenvalue weighted by Crippen LogP contribution is -2.30. The van der Waals surface area contributed by atoms with Crippen LogP contribution in [0.1, 0.15) is 393 Å². The van der Waals surface area contributed by atoms with Gasteiger partial charge in [-0.1, -0.05) is 332 Å². The Kier molecular flexibility index (Phi) is 69.1. The molecule has 484 valence electrons. The first-order valence-corrected chi connectivity index (χ1v) is 36.8. The fourth-order valence-electron chi connectivity index (χ4n) is 11.0. The average molecular weight is 1160 g/mol. The Bertz CT molecular complexity index is 1470. The molecule has 0 spiro atoms. The predicted molar refractivity (Wildman–Crippen MR) is 362 cm³/mol. The first kappa shape index (κ1) is 80.1. The topological polar surface area (TPSA) is 78.9 Å². The molecule has 0 rings (SSSR count). The Labute approximate surface area is 517 Å². The SMILES string of the molecule is CC/C=C\C/C=C\C/C=C\CCCCCCCC(=O)OCC(COC(=O)CCCCCCCCCCCCCCCCCCCCCCC/C=C\CCCCCCCCCC)OC(=O)CCCCCCCCC/C=C\CCCCCCCC. The van der Waals surface area contributed by atoms with Crippen LogP contribution in [0.15, 0.2) is 60.8 Å². The monoisotopic (exact) mass is 1160 g/mol. The van der Waals surface area contributed by atoms with Crippen molar-refractivity contribution in [3.8, 4) is 0 Å². The number of allylic oxidation sites excluding steroid dienone is 10. The van der Waals surface area contributed by atoms with Crippen molar-refractivity contribution in [1.29, 1.82) is 0 Å². The highest BCUT2D eigenvalue weighted by molar-refractivity contribution is 5.71. The van der Waals surface area contributed by atoms with E-state index >= 15 is 0 Å². The number of hydrogen-bond acceptors (Lipinski definition) is 6. The van der Waals surface area contributed by atoms with Crippen molar-refractivity contribution in [2.75, 3.05) is 13.2 Å². The molecule has 0 amide bonds. The molecule has 0 bridgehead atoms. The lowest BCUT2D eigenvalue weighted by molar-refractivity contribution is -0.167. The van der Waals surface area contributed by atoms with Gasteiger partial charge in [0.2, 0.25) is 0 Å². The number of carbonyl (C=O) groups is 3. The van der Waals surface area contributed by atoms with Gasteiger partial charge < -0.3 is 14.2 Å². The molecule has 0 N–H and O–H groups in total. The van der Waals surface area contributed by atoms with E-state index in [0.717, 1.165) is 96.3 Å². The van der Waals surface area contributed by atoms with Gasteiger partial charge in [0, 0.05) is 19.3 Å². The molecule has 0 aromatic heterocycles. The third kappa shape index (κ3) is 69.8. The molecule has 0 aliphatic rings. The third-order valence-electron chi connectivity index (χ3n) is 16.5. The van der Waals surface area contributed by atoms with Gasteiger partial charge in [0.1, 0.15) is 13.2 Å². The highest BCUT2D eigenvalue weighted by Gasteiger charge is 2.19. The summed E-state index contributed by atoms with van der Waals surface area (Å²) in [6.45, 7) is 6.57. The minimum absolute atomic E-state index is 0.0779. The van der Waals surface area contributed by atoms with Gasteiger partial charge >= 0.3 is 17.9 Å². The van der Waals surface area contributed by atoms with E-state index in [1.165, 1.54) is 257 Å². The summed E-state index contributed by atoms with van der Waals surface area (Å²) in [5, 5.41) is 0. The Balaban J connectivity index is 4.15. The molecule has 6 heteroatoms. The first-order chi connectivity index (χ1) is 41.0. The van der Waals surface area contributed by atoms with Gasteiger partial charge in [-0.25, -0.2) is 0 Å². The van der Waals surface area contributed by atoms with Crippen molar-refractivity contribution in [3.63, 3.8) is 0 Å². The average Bonchev–Trinajstić information content (AvgIpc) is 3.49. The highest BCUT2D eigenvalue weighted by Crippen LogP contribution is 2.18. The van der Waals surface area contributed by atoms with E-state index in [2.05, 4.69) is 81.5 Å². The van der Waals surface area contributed by atoms with Crippen molar-refractivity contribution in [2.45, 2.75) is 399 Å². The van der Waals surface area contributed by atoms with Crippen LogP contribution in [0.3, 0.4) is 0 Å². The fraction of sp³-hybridized carbons (Fsp3) is 0.831. The van der Waals surface area contributed by atoms with E-state index in [-0.39, 0.29) is 31.1 Å². The van der Waals surface area contributed by atoms with E-state index in [1.807, 2.05) is 0 Å². The molecule has 0 aromatic rings. The summed E-state index contributed by atoms with van der Waals surface area (Å²) in [4.78, 5) is 38.4. The minimum atomic E-state index is -0.784. The van der Waals surface area contributed by atoms with Crippen LogP contribution in [0.25, 0.3) is 0 Å². The van der Waals surface area contributed by atoms with Crippen LogP contribution in [0.2, 0.25) is 0 Å². The van der Waals surface area contributed by atoms with E-state index in [9.17, 15) is 14.4 Å². The molecule has 0 aromatic carbocycles. The molecular formula is C77H140O6. The Morgan fingerprint density at radius 2 is 0.470 bits per heavy atom. The van der Waals surface area contributed by atoms with Crippen LogP contribution in [0, 0.1) is 0 Å². The molecule has 0 aliphatic heterocycles. The van der Waals surface area contributed by atoms with Gasteiger partial charge in [-0.2, -0.15) is 0 Å². The molecule has 0 saturated carbocycles. The molecule has 0 aliphatic carbocycles. The van der Waals surface area contributed by atoms with Crippen LogP contribution < -0.4 is 0 Å². The van der Waals surface area contributed by atoms with Crippen molar-refractivity contribution in [2.24, 2.45) is 0 Å². The standard InChI is InChI=1S/C77H140O6/c1-4-7-10-13-16-19-22-25-28-30-31-32-33-34-35-36-37-38-39-40-41-42-43-44-45-47-49-52-55-58-61-64-67-70-76(79)82-73-74(72-81-75(78)69-66-63-60-57-54-51-48-27-24-21-18-15-12-9-6-3)83-77(80)71-68-65-62-59-56-53-50-46-29-26-23-20-17-14-11-8-5-2/h9,12,18,21,26-27,29-31,48,74H,4-8,10-11,13-17,19-20,22-25,28,32-47,49-73H2,1-3H3/b12-9-,21-18-,29-26-,31-30-,48-27-. The summed E-state index contributed by atoms with van der Waals surface area (Å²) in [5.74, 6) is -0.877. The summed E-state index contributed by atoms with van der Waals surface area (Å²) < 4.78 is 17.0. The second kappa shape index (κ2) is 71.6. The summed E-state index contributed by atoms with van der Waals surface area (Å²) in [7, 11) is 0. The summed E-state index contributed by atoms with van der Waals surface area (Å²) in [5.41, 5.74) is 0. The number of hydrogen-bond donors (Lipinski definition) is 0. The molecule has 0 fully saturated rings. The van der Waals surface area contributed by atoms with E-state index in [1.54, 1.807) is 0 Å². The van der Waals surface area contributed by atoms with Crippen molar-refractivity contribution >= 4 is 17.9 Å². The molecule has 0 radical (unpaired) electrons. The van der Waals surface area contributed by atoms with Crippen LogP contribution in [0.5, 0.6) is 0 Å². The van der Waals surface area contributed by atoms with Crippen LogP contribution in [-0.4, -0.2) is 37.2 Å². The van der Waals surface area contributed by atoms with E-state index in [4.69, 9.17) is 14.2 Å². The van der Waals surface area contributed by atoms with Crippen molar-refractivity contribution in [1.82, 2.24) is 0 Å². The minimum Gasteiger partial charge on any atom is -0.462 e. The third-order valence-corrected chi connectivity index (χ3v) is 16.5. The number of carbonyl (C=O) groups excluding carboxylic acids is 3. The van der Waals surface area contributed by atoms with Gasteiger partial charge in [-0.15, -0.1) is 0 Å². The Morgan fingerprint density at radius 3 is 0.747 bits per heavy atom. The number of unbranched alkanes of at least 4 members (excludes halogenated alkanes) is 47. The number of ether oxygens (including phenoxy) is 3. The summed E-state index contributed by atoms with van der Waals surface area (Å²) in [6, 6.07) is 0. The Morgan fingerprint density at radius 1 is 0.253 bits per heavy atom. The lowest BCUT2D eigenvalue weighted by atomic mass is 10.0. The maximum Gasteiger partial charge on any atom is 0.306 e. The molecule has 0 heterocycles. The second-order valence-corrected chi connectivity index (χ2v) is 24.8. The number of esters is 3. The molecular weight excluding hydrogens is 1020 g/mol. The fourth-order valence-corrected chi connectivity index (χ4v) is 11.0. The van der Waals surface area contributed by atoms with Crippen molar-refractivity contribution in [3.05, 3.63) is 60.8 Å². The van der Waals surface area contributed by atoms with Gasteiger partial charge in [0.25, 0.3) is 0 Å². The zero-order chi connectivity index (χ0) is 59.9. The smallest absolute Gasteiger partial charge is 0.306 e. The summed E-state index contributed by atoms with van der Waals surface area (Å²) >= 11 is 0. The second-order valence-electron chi connectivity index (χ2n) is 24.8. The molecule has 0 saturated heterocycles. The lowest BCUT2D eigenvalue weighted by Gasteiger charge is -2.18. The maximum absolute atomic E-state index is 12.9. The molecule has 1 unspecified atom stereocenters. The normalized spacial score (nSPS) is 12.4. The van der Waals surface area contributed by atoms with Crippen molar-refractivity contribution < 1.29 is 28.6 Å². The van der Waals surface area contributed by atoms with Crippen LogP contribution >= 0.6 is 0 Å². The molecule has 83 heavy (non-hydrogen) atoms. The quantitative estimate of drug-likeness (QED) is 0.0261. The first-order valence-electron chi connectivity index (χ1n) is 36.8. The van der Waals surface area contributed by atoms with E-state index in [0.29, 0.717) is 19.3 Å². The number of rotatable bonds is 68.